The Labute approximate surface area is 111 Å². The van der Waals surface area contributed by atoms with Crippen LogP contribution >= 0.6 is 0 Å². The topological polar surface area (TPSA) is 24.9 Å². The van der Waals surface area contributed by atoms with Gasteiger partial charge < -0.3 is 5.32 Å². The zero-order chi connectivity index (χ0) is 13.0. The van der Waals surface area contributed by atoms with Gasteiger partial charge in [-0.2, -0.15) is 0 Å². The molecule has 0 saturated heterocycles. The summed E-state index contributed by atoms with van der Waals surface area (Å²) in [5, 5.41) is 3.53. The summed E-state index contributed by atoms with van der Waals surface area (Å²) in [6.45, 7) is 4.50. The van der Waals surface area contributed by atoms with Crippen LogP contribution in [-0.2, 0) is 0 Å². The minimum absolute atomic E-state index is 0.505. The van der Waals surface area contributed by atoms with E-state index in [-0.39, 0.29) is 0 Å². The van der Waals surface area contributed by atoms with Gasteiger partial charge in [0.15, 0.2) is 0 Å². The Morgan fingerprint density at radius 1 is 1.33 bits per heavy atom. The van der Waals surface area contributed by atoms with Gasteiger partial charge in [-0.05, 0) is 55.8 Å². The first-order chi connectivity index (χ1) is 8.76. The van der Waals surface area contributed by atoms with Gasteiger partial charge in [-0.15, -0.1) is 0 Å². The van der Waals surface area contributed by atoms with Gasteiger partial charge in [0.1, 0.15) is 0 Å². The molecule has 1 aromatic rings. The molecule has 1 heterocycles. The number of aromatic nitrogens is 1. The van der Waals surface area contributed by atoms with Crippen molar-refractivity contribution in [1.82, 2.24) is 10.3 Å². The fraction of sp³-hybridized carbons (Fsp3) is 0.688. The monoisotopic (exact) mass is 246 g/mol. The average molecular weight is 246 g/mol. The smallest absolute Gasteiger partial charge is 0.0349 e. The number of hydrogen-bond donors (Lipinski definition) is 1. The summed E-state index contributed by atoms with van der Waals surface area (Å²) in [7, 11) is 2.09. The van der Waals surface area contributed by atoms with Gasteiger partial charge in [0, 0.05) is 18.4 Å². The number of hydrogen-bond acceptors (Lipinski definition) is 2. The standard InChI is InChI=1S/C16H26N2/c1-4-13-5-7-14(8-6-13)16(17-3)15-9-10-18-11-12(15)2/h9-11,13-14,16-17H,4-8H2,1-3H3. The Morgan fingerprint density at radius 2 is 2.06 bits per heavy atom. The molecule has 1 N–H and O–H groups in total. The summed E-state index contributed by atoms with van der Waals surface area (Å²) in [5.74, 6) is 1.76. The van der Waals surface area contributed by atoms with Crippen LogP contribution in [0.15, 0.2) is 18.5 Å². The maximum absolute atomic E-state index is 4.20. The Balaban J connectivity index is 2.08. The van der Waals surface area contributed by atoms with Crippen molar-refractivity contribution in [2.45, 2.75) is 52.0 Å². The van der Waals surface area contributed by atoms with E-state index in [2.05, 4.69) is 37.3 Å². The van der Waals surface area contributed by atoms with Crippen LogP contribution in [0.1, 0.15) is 56.2 Å². The molecule has 0 spiro atoms. The van der Waals surface area contributed by atoms with E-state index in [1.165, 1.54) is 43.2 Å². The highest BCUT2D eigenvalue weighted by molar-refractivity contribution is 5.26. The second kappa shape index (κ2) is 6.33. The third-order valence-corrected chi connectivity index (χ3v) is 4.65. The maximum Gasteiger partial charge on any atom is 0.0349 e. The lowest BCUT2D eigenvalue weighted by atomic mass is 9.75. The normalized spacial score (nSPS) is 25.9. The molecule has 0 amide bonds. The van der Waals surface area contributed by atoms with Crippen molar-refractivity contribution in [3.63, 3.8) is 0 Å². The van der Waals surface area contributed by atoms with Gasteiger partial charge in [0.05, 0.1) is 0 Å². The van der Waals surface area contributed by atoms with E-state index in [1.54, 1.807) is 0 Å². The first kappa shape index (κ1) is 13.5. The zero-order valence-corrected chi connectivity index (χ0v) is 11.9. The van der Waals surface area contributed by atoms with Crippen molar-refractivity contribution < 1.29 is 0 Å². The van der Waals surface area contributed by atoms with E-state index in [1.807, 2.05) is 12.4 Å². The van der Waals surface area contributed by atoms with Crippen LogP contribution in [0.25, 0.3) is 0 Å². The molecule has 1 aliphatic rings. The van der Waals surface area contributed by atoms with Gasteiger partial charge in [0.2, 0.25) is 0 Å². The van der Waals surface area contributed by atoms with Gasteiger partial charge in [-0.3, -0.25) is 4.98 Å². The highest BCUT2D eigenvalue weighted by Crippen LogP contribution is 2.38. The second-order valence-electron chi connectivity index (χ2n) is 5.69. The Kier molecular flexibility index (Phi) is 4.76. The summed E-state index contributed by atoms with van der Waals surface area (Å²) < 4.78 is 0. The molecule has 0 radical (unpaired) electrons. The highest BCUT2D eigenvalue weighted by atomic mass is 14.9. The molecular formula is C16H26N2. The van der Waals surface area contributed by atoms with Gasteiger partial charge in [0.25, 0.3) is 0 Å². The van der Waals surface area contributed by atoms with E-state index >= 15 is 0 Å². The van der Waals surface area contributed by atoms with Crippen LogP contribution in [0.5, 0.6) is 0 Å². The van der Waals surface area contributed by atoms with Crippen LogP contribution in [0.2, 0.25) is 0 Å². The van der Waals surface area contributed by atoms with Crippen molar-refractivity contribution in [2.24, 2.45) is 11.8 Å². The number of rotatable bonds is 4. The molecule has 1 aromatic heterocycles. The molecule has 0 aliphatic heterocycles. The van der Waals surface area contributed by atoms with Crippen molar-refractivity contribution in [1.29, 1.82) is 0 Å². The summed E-state index contributed by atoms with van der Waals surface area (Å²) in [4.78, 5) is 4.20. The van der Waals surface area contributed by atoms with Crippen LogP contribution in [0.3, 0.4) is 0 Å². The lowest BCUT2D eigenvalue weighted by Gasteiger charge is -2.34. The molecular weight excluding hydrogens is 220 g/mol. The second-order valence-corrected chi connectivity index (χ2v) is 5.69. The predicted molar refractivity (Wildman–Crippen MR) is 76.5 cm³/mol. The fourth-order valence-corrected chi connectivity index (χ4v) is 3.41. The van der Waals surface area contributed by atoms with Crippen LogP contribution in [0, 0.1) is 18.8 Å². The van der Waals surface area contributed by atoms with E-state index in [0.717, 1.165) is 11.8 Å². The molecule has 2 nitrogen and oxygen atoms in total. The lowest BCUT2D eigenvalue weighted by Crippen LogP contribution is -2.29. The quantitative estimate of drug-likeness (QED) is 0.872. The van der Waals surface area contributed by atoms with Crippen molar-refractivity contribution in [3.05, 3.63) is 29.6 Å². The molecule has 1 saturated carbocycles. The molecule has 100 valence electrons. The van der Waals surface area contributed by atoms with E-state index in [4.69, 9.17) is 0 Å². The highest BCUT2D eigenvalue weighted by Gasteiger charge is 2.27. The van der Waals surface area contributed by atoms with Gasteiger partial charge in [-0.25, -0.2) is 0 Å². The molecule has 1 atom stereocenters. The Bertz CT molecular complexity index is 367. The minimum atomic E-state index is 0.505. The van der Waals surface area contributed by atoms with Crippen molar-refractivity contribution >= 4 is 0 Å². The molecule has 0 aromatic carbocycles. The van der Waals surface area contributed by atoms with Crippen LogP contribution < -0.4 is 5.32 Å². The summed E-state index contributed by atoms with van der Waals surface area (Å²) in [6, 6.07) is 2.69. The first-order valence-electron chi connectivity index (χ1n) is 7.34. The van der Waals surface area contributed by atoms with Crippen molar-refractivity contribution in [3.8, 4) is 0 Å². The zero-order valence-electron chi connectivity index (χ0n) is 11.9. The maximum atomic E-state index is 4.20. The molecule has 2 rings (SSSR count). The van der Waals surface area contributed by atoms with Crippen molar-refractivity contribution in [2.75, 3.05) is 7.05 Å². The van der Waals surface area contributed by atoms with E-state index in [0.29, 0.717) is 6.04 Å². The predicted octanol–water partition coefficient (Wildman–Crippen LogP) is 3.87. The molecule has 1 aliphatic carbocycles. The van der Waals surface area contributed by atoms with Crippen LogP contribution in [0.4, 0.5) is 0 Å². The molecule has 1 fully saturated rings. The summed E-state index contributed by atoms with van der Waals surface area (Å²) in [6.07, 6.45) is 10.8. The molecule has 2 heteroatoms. The summed E-state index contributed by atoms with van der Waals surface area (Å²) >= 11 is 0. The number of aryl methyl sites for hydroxylation is 1. The van der Waals surface area contributed by atoms with Gasteiger partial charge in [-0.1, -0.05) is 26.2 Å². The average Bonchev–Trinajstić information content (AvgIpc) is 2.42. The minimum Gasteiger partial charge on any atom is -0.313 e. The molecule has 18 heavy (non-hydrogen) atoms. The molecule has 0 bridgehead atoms. The number of nitrogens with one attached hydrogen (secondary N) is 1. The first-order valence-corrected chi connectivity index (χ1v) is 7.34. The number of nitrogens with zero attached hydrogens (tertiary/aromatic N) is 1. The Morgan fingerprint density at radius 3 is 2.61 bits per heavy atom. The van der Waals surface area contributed by atoms with E-state index in [9.17, 15) is 0 Å². The third-order valence-electron chi connectivity index (χ3n) is 4.65. The van der Waals surface area contributed by atoms with E-state index < -0.39 is 0 Å². The Hall–Kier alpha value is -0.890. The third kappa shape index (κ3) is 2.92. The summed E-state index contributed by atoms with van der Waals surface area (Å²) in [5.41, 5.74) is 2.75. The lowest BCUT2D eigenvalue weighted by molar-refractivity contribution is 0.224. The molecule has 1 unspecified atom stereocenters. The SMILES string of the molecule is CCC1CCC(C(NC)c2ccncc2C)CC1. The van der Waals surface area contributed by atoms with Crippen LogP contribution in [-0.4, -0.2) is 12.0 Å². The van der Waals surface area contributed by atoms with Gasteiger partial charge >= 0.3 is 0 Å². The number of pyridine rings is 1. The largest absolute Gasteiger partial charge is 0.313 e. The fourth-order valence-electron chi connectivity index (χ4n) is 3.41.